The van der Waals surface area contributed by atoms with Crippen LogP contribution in [0.4, 0.5) is 18.3 Å². The molecule has 0 fully saturated rings. The molecule has 2 aromatic heterocycles. The van der Waals surface area contributed by atoms with Crippen molar-refractivity contribution >= 4 is 44.1 Å². The fraction of sp³-hybridized carbons (Fsp3) is 0.0588. The third-order valence-corrected chi connectivity index (χ3v) is 4.63. The number of nitrogens with zero attached hydrogens (tertiary/aromatic N) is 3. The summed E-state index contributed by atoms with van der Waals surface area (Å²) in [5, 5.41) is 10.0. The van der Waals surface area contributed by atoms with Crippen LogP contribution < -0.4 is 5.32 Å². The zero-order valence-electron chi connectivity index (χ0n) is 12.9. The molecule has 0 aliphatic heterocycles. The molecule has 0 aliphatic rings. The molecule has 130 valence electrons. The molecule has 2 heterocycles. The van der Waals surface area contributed by atoms with Crippen LogP contribution in [0.1, 0.15) is 15.4 Å². The van der Waals surface area contributed by atoms with Gasteiger partial charge in [-0.25, -0.2) is 0 Å². The summed E-state index contributed by atoms with van der Waals surface area (Å²) in [5.41, 5.74) is 0.715. The van der Waals surface area contributed by atoms with Crippen molar-refractivity contribution in [3.8, 4) is 0 Å². The Morgan fingerprint density at radius 3 is 2.58 bits per heavy atom. The number of anilines is 1. The highest BCUT2D eigenvalue weighted by atomic mass is 32.1. The van der Waals surface area contributed by atoms with Crippen molar-refractivity contribution in [2.75, 3.05) is 5.32 Å². The number of fused-ring (bicyclic) bond motifs is 3. The fourth-order valence-electron chi connectivity index (χ4n) is 2.66. The van der Waals surface area contributed by atoms with Gasteiger partial charge >= 0.3 is 6.18 Å². The lowest BCUT2D eigenvalue weighted by molar-refractivity contribution is -0.138. The van der Waals surface area contributed by atoms with Gasteiger partial charge < -0.3 is 0 Å². The van der Waals surface area contributed by atoms with E-state index in [2.05, 4.69) is 20.5 Å². The second-order valence-electron chi connectivity index (χ2n) is 5.41. The number of nitrogens with one attached hydrogen (secondary N) is 1. The first-order valence-electron chi connectivity index (χ1n) is 7.42. The molecule has 0 bridgehead atoms. The highest BCUT2D eigenvalue weighted by Gasteiger charge is 2.35. The number of carbonyl (C=O) groups is 1. The van der Waals surface area contributed by atoms with E-state index in [1.807, 2.05) is 30.3 Å². The Morgan fingerprint density at radius 2 is 1.81 bits per heavy atom. The summed E-state index contributed by atoms with van der Waals surface area (Å²) < 4.78 is 37.9. The summed E-state index contributed by atoms with van der Waals surface area (Å²) in [6, 6.07) is 12.8. The lowest BCUT2D eigenvalue weighted by Gasteiger charge is -2.09. The Kier molecular flexibility index (Phi) is 3.80. The first-order chi connectivity index (χ1) is 12.4. The molecule has 0 unspecified atom stereocenters. The quantitative estimate of drug-likeness (QED) is 0.524. The number of carbonyl (C=O) groups excluding carboxylic acids is 1. The second kappa shape index (κ2) is 6.03. The summed E-state index contributed by atoms with van der Waals surface area (Å²) in [5.74, 6) is -0.593. The van der Waals surface area contributed by atoms with Crippen LogP contribution in [0.15, 0.2) is 48.7 Å². The number of pyridine rings is 1. The lowest BCUT2D eigenvalue weighted by Crippen LogP contribution is -2.12. The Labute approximate surface area is 148 Å². The molecule has 0 saturated carbocycles. The van der Waals surface area contributed by atoms with Gasteiger partial charge in [0, 0.05) is 11.6 Å². The van der Waals surface area contributed by atoms with Gasteiger partial charge in [-0.1, -0.05) is 41.7 Å². The van der Waals surface area contributed by atoms with Gasteiger partial charge in [-0.15, -0.1) is 10.2 Å². The van der Waals surface area contributed by atoms with E-state index < -0.39 is 17.1 Å². The van der Waals surface area contributed by atoms with Gasteiger partial charge in [0.05, 0.1) is 11.1 Å². The highest BCUT2D eigenvalue weighted by molar-refractivity contribution is 7.15. The van der Waals surface area contributed by atoms with Crippen LogP contribution in [-0.4, -0.2) is 21.1 Å². The van der Waals surface area contributed by atoms with Crippen LogP contribution in [0, 0.1) is 0 Å². The van der Waals surface area contributed by atoms with Gasteiger partial charge in [-0.2, -0.15) is 13.2 Å². The Bertz CT molecular complexity index is 1140. The molecular weight excluding hydrogens is 365 g/mol. The highest BCUT2D eigenvalue weighted by Crippen LogP contribution is 2.33. The predicted octanol–water partition coefficient (Wildman–Crippen LogP) is 4.51. The molecule has 0 radical (unpaired) electrons. The fourth-order valence-corrected chi connectivity index (χ4v) is 3.26. The zero-order chi connectivity index (χ0) is 18.3. The van der Waals surface area contributed by atoms with Crippen LogP contribution in [0.2, 0.25) is 0 Å². The van der Waals surface area contributed by atoms with Crippen molar-refractivity contribution in [1.82, 2.24) is 15.2 Å². The molecule has 5 nitrogen and oxygen atoms in total. The average Bonchev–Trinajstić information content (AvgIpc) is 3.10. The number of benzene rings is 2. The van der Waals surface area contributed by atoms with Crippen molar-refractivity contribution < 1.29 is 18.0 Å². The van der Waals surface area contributed by atoms with Crippen molar-refractivity contribution in [3.05, 3.63) is 59.2 Å². The molecule has 26 heavy (non-hydrogen) atoms. The molecule has 0 aliphatic carbocycles. The standard InChI is InChI=1S/C17H9F3N4OS/c18-17(19,20)15-23-24-16(26-15)22-14(25)12-8-9-4-1-2-5-10(9)11-6-3-7-21-13(11)12/h1-8H,(H,22,24,25). The van der Waals surface area contributed by atoms with Crippen molar-refractivity contribution in [2.24, 2.45) is 0 Å². The van der Waals surface area contributed by atoms with E-state index >= 15 is 0 Å². The first kappa shape index (κ1) is 16.4. The number of alkyl halides is 3. The van der Waals surface area contributed by atoms with E-state index in [1.54, 1.807) is 18.3 Å². The summed E-state index contributed by atoms with van der Waals surface area (Å²) in [6.07, 6.45) is -3.04. The molecule has 1 N–H and O–H groups in total. The van der Waals surface area contributed by atoms with E-state index in [1.165, 1.54) is 0 Å². The van der Waals surface area contributed by atoms with E-state index in [-0.39, 0.29) is 22.0 Å². The van der Waals surface area contributed by atoms with Crippen LogP contribution in [0.5, 0.6) is 0 Å². The molecule has 2 aromatic carbocycles. The van der Waals surface area contributed by atoms with E-state index in [4.69, 9.17) is 0 Å². The van der Waals surface area contributed by atoms with Gasteiger partial charge in [0.15, 0.2) is 0 Å². The van der Waals surface area contributed by atoms with Gasteiger partial charge in [0.1, 0.15) is 0 Å². The second-order valence-corrected chi connectivity index (χ2v) is 6.39. The van der Waals surface area contributed by atoms with E-state index in [0.717, 1.165) is 16.2 Å². The van der Waals surface area contributed by atoms with Gasteiger partial charge in [-0.05, 0) is 22.9 Å². The Hall–Kier alpha value is -3.07. The van der Waals surface area contributed by atoms with Crippen LogP contribution in [0.25, 0.3) is 21.7 Å². The van der Waals surface area contributed by atoms with Crippen molar-refractivity contribution in [2.45, 2.75) is 6.18 Å². The van der Waals surface area contributed by atoms with E-state index in [9.17, 15) is 18.0 Å². The van der Waals surface area contributed by atoms with Crippen molar-refractivity contribution in [3.63, 3.8) is 0 Å². The molecule has 0 saturated heterocycles. The Balaban J connectivity index is 1.78. The molecule has 9 heteroatoms. The van der Waals surface area contributed by atoms with Gasteiger partial charge in [0.25, 0.3) is 5.91 Å². The van der Waals surface area contributed by atoms with Gasteiger partial charge in [0.2, 0.25) is 10.1 Å². The molecule has 4 aromatic rings. The lowest BCUT2D eigenvalue weighted by atomic mass is 10.0. The minimum atomic E-state index is -4.60. The molecule has 4 rings (SSSR count). The number of rotatable bonds is 2. The number of hydrogen-bond donors (Lipinski definition) is 1. The monoisotopic (exact) mass is 374 g/mol. The first-order valence-corrected chi connectivity index (χ1v) is 8.23. The summed E-state index contributed by atoms with van der Waals surface area (Å²) in [6.45, 7) is 0. The maximum absolute atomic E-state index is 12.6. The topological polar surface area (TPSA) is 67.8 Å². The number of aromatic nitrogens is 3. The number of hydrogen-bond acceptors (Lipinski definition) is 5. The molecule has 1 amide bonds. The van der Waals surface area contributed by atoms with Gasteiger partial charge in [-0.3, -0.25) is 15.1 Å². The third-order valence-electron chi connectivity index (χ3n) is 3.75. The molecule has 0 spiro atoms. The van der Waals surface area contributed by atoms with Crippen LogP contribution in [0.3, 0.4) is 0 Å². The number of halogens is 3. The normalized spacial score (nSPS) is 11.8. The summed E-state index contributed by atoms with van der Waals surface area (Å²) in [7, 11) is 0. The van der Waals surface area contributed by atoms with Crippen LogP contribution in [-0.2, 0) is 6.18 Å². The largest absolute Gasteiger partial charge is 0.445 e. The minimum Gasteiger partial charge on any atom is -0.296 e. The smallest absolute Gasteiger partial charge is 0.296 e. The van der Waals surface area contributed by atoms with Crippen LogP contribution >= 0.6 is 11.3 Å². The molecule has 0 atom stereocenters. The summed E-state index contributed by atoms with van der Waals surface area (Å²) >= 11 is 0.272. The van der Waals surface area contributed by atoms with Crippen molar-refractivity contribution in [1.29, 1.82) is 0 Å². The number of amides is 1. The SMILES string of the molecule is O=C(Nc1nnc(C(F)(F)F)s1)c1cc2ccccc2c2cccnc12. The predicted molar refractivity (Wildman–Crippen MR) is 92.1 cm³/mol. The minimum absolute atomic E-state index is 0.223. The Morgan fingerprint density at radius 1 is 1.04 bits per heavy atom. The molecular formula is C17H9F3N4OS. The average molecular weight is 374 g/mol. The van der Waals surface area contributed by atoms with E-state index in [0.29, 0.717) is 5.52 Å². The zero-order valence-corrected chi connectivity index (χ0v) is 13.7. The maximum Gasteiger partial charge on any atom is 0.445 e. The summed E-state index contributed by atoms with van der Waals surface area (Å²) in [4.78, 5) is 16.9. The maximum atomic E-state index is 12.6. The third kappa shape index (κ3) is 2.86.